The zero-order chi connectivity index (χ0) is 18.8. The van der Waals surface area contributed by atoms with Gasteiger partial charge in [0.15, 0.2) is 0 Å². The molecule has 0 aliphatic heterocycles. The predicted molar refractivity (Wildman–Crippen MR) is 104 cm³/mol. The summed E-state index contributed by atoms with van der Waals surface area (Å²) in [7, 11) is 1.63. The third kappa shape index (κ3) is 3.61. The molecular formula is C19H16N4O3S. The number of carbonyl (C=O) groups is 1. The van der Waals surface area contributed by atoms with Crippen molar-refractivity contribution in [2.75, 3.05) is 12.4 Å². The normalized spacial score (nSPS) is 11.3. The molecule has 0 saturated carbocycles. The van der Waals surface area contributed by atoms with Gasteiger partial charge in [0.25, 0.3) is 0 Å². The monoisotopic (exact) mass is 380 g/mol. The molecule has 136 valence electrons. The quantitative estimate of drug-likeness (QED) is 0.528. The van der Waals surface area contributed by atoms with Gasteiger partial charge in [-0.05, 0) is 43.3 Å². The fourth-order valence-corrected chi connectivity index (χ4v) is 3.52. The molecular weight excluding hydrogens is 364 g/mol. The van der Waals surface area contributed by atoms with Crippen molar-refractivity contribution < 1.29 is 13.9 Å². The number of nitrogens with one attached hydrogen (secondary N) is 1. The first kappa shape index (κ1) is 17.0. The summed E-state index contributed by atoms with van der Waals surface area (Å²) in [4.78, 5) is 16.8. The van der Waals surface area contributed by atoms with Crippen LogP contribution in [0.4, 0.5) is 5.82 Å². The number of aromatic nitrogens is 3. The summed E-state index contributed by atoms with van der Waals surface area (Å²) in [5, 5.41) is 7.96. The smallest absolute Gasteiger partial charge is 0.249 e. The van der Waals surface area contributed by atoms with Gasteiger partial charge in [-0.3, -0.25) is 4.79 Å². The van der Waals surface area contributed by atoms with Gasteiger partial charge in [0.1, 0.15) is 17.3 Å². The highest BCUT2D eigenvalue weighted by Gasteiger charge is 2.14. The van der Waals surface area contributed by atoms with Crippen molar-refractivity contribution in [3.8, 4) is 10.9 Å². The molecule has 1 aromatic carbocycles. The van der Waals surface area contributed by atoms with E-state index < -0.39 is 0 Å². The molecule has 0 atom stereocenters. The molecule has 0 spiro atoms. The van der Waals surface area contributed by atoms with Gasteiger partial charge in [0.05, 0.1) is 29.3 Å². The Morgan fingerprint density at radius 2 is 2.22 bits per heavy atom. The molecule has 0 unspecified atom stereocenters. The van der Waals surface area contributed by atoms with E-state index in [1.165, 1.54) is 17.4 Å². The number of anilines is 1. The zero-order valence-corrected chi connectivity index (χ0v) is 15.5. The number of hydrogen-bond donors (Lipinski definition) is 1. The van der Waals surface area contributed by atoms with E-state index >= 15 is 0 Å². The van der Waals surface area contributed by atoms with E-state index in [2.05, 4.69) is 15.4 Å². The lowest BCUT2D eigenvalue weighted by Gasteiger charge is -2.03. The molecule has 27 heavy (non-hydrogen) atoms. The minimum Gasteiger partial charge on any atom is -0.497 e. The standard InChI is InChI=1S/C19H16N4O3S/c1-12-10-17(21-18(24)8-6-13-4-3-9-26-13)23(22-12)19-20-15-7-5-14(25-2)11-16(15)27-19/h3-11H,1-2H3,(H,21,24)/b8-6+. The van der Waals surface area contributed by atoms with Crippen LogP contribution in [0.1, 0.15) is 11.5 Å². The summed E-state index contributed by atoms with van der Waals surface area (Å²) in [6.45, 7) is 1.86. The lowest BCUT2D eigenvalue weighted by molar-refractivity contribution is -0.111. The maximum absolute atomic E-state index is 12.2. The average Bonchev–Trinajstić information content (AvgIpc) is 3.38. The van der Waals surface area contributed by atoms with E-state index in [9.17, 15) is 4.79 Å². The van der Waals surface area contributed by atoms with Gasteiger partial charge in [-0.2, -0.15) is 9.78 Å². The number of hydrogen-bond acceptors (Lipinski definition) is 6. The Kier molecular flexibility index (Phi) is 4.47. The lowest BCUT2D eigenvalue weighted by atomic mass is 10.3. The second-order valence-corrected chi connectivity index (χ2v) is 6.76. The Morgan fingerprint density at radius 3 is 3.00 bits per heavy atom. The number of aryl methyl sites for hydroxylation is 1. The summed E-state index contributed by atoms with van der Waals surface area (Å²) in [5.74, 6) is 1.64. The highest BCUT2D eigenvalue weighted by Crippen LogP contribution is 2.30. The Balaban J connectivity index is 1.62. The number of thiazole rings is 1. The van der Waals surface area contributed by atoms with E-state index in [4.69, 9.17) is 9.15 Å². The van der Waals surface area contributed by atoms with E-state index in [1.54, 1.807) is 42.3 Å². The summed E-state index contributed by atoms with van der Waals surface area (Å²) in [6.07, 6.45) is 4.57. The van der Waals surface area contributed by atoms with Crippen LogP contribution in [-0.2, 0) is 4.79 Å². The van der Waals surface area contributed by atoms with Crippen molar-refractivity contribution in [2.45, 2.75) is 6.92 Å². The Hall–Kier alpha value is -3.39. The first-order valence-corrected chi connectivity index (χ1v) is 8.98. The molecule has 7 nitrogen and oxygen atoms in total. The maximum Gasteiger partial charge on any atom is 0.249 e. The summed E-state index contributed by atoms with van der Waals surface area (Å²) in [6, 6.07) is 11.0. The fraction of sp³-hybridized carbons (Fsp3) is 0.105. The van der Waals surface area contributed by atoms with Crippen LogP contribution >= 0.6 is 11.3 Å². The fourth-order valence-electron chi connectivity index (χ4n) is 2.56. The zero-order valence-electron chi connectivity index (χ0n) is 14.7. The molecule has 4 aromatic rings. The molecule has 0 saturated heterocycles. The molecule has 1 N–H and O–H groups in total. The SMILES string of the molecule is COc1ccc2nc(-n3nc(C)cc3NC(=O)/C=C/c3ccco3)sc2c1. The molecule has 1 amide bonds. The van der Waals surface area contributed by atoms with Gasteiger partial charge in [0.2, 0.25) is 11.0 Å². The minimum absolute atomic E-state index is 0.282. The molecule has 4 rings (SSSR count). The molecule has 0 radical (unpaired) electrons. The van der Waals surface area contributed by atoms with Crippen molar-refractivity contribution in [3.63, 3.8) is 0 Å². The highest BCUT2D eigenvalue weighted by molar-refractivity contribution is 7.20. The third-order valence-corrected chi connectivity index (χ3v) is 4.78. The number of nitrogens with zero attached hydrogens (tertiary/aromatic N) is 3. The number of fused-ring (bicyclic) bond motifs is 1. The highest BCUT2D eigenvalue weighted by atomic mass is 32.1. The van der Waals surface area contributed by atoms with Crippen LogP contribution in [0.15, 0.2) is 53.2 Å². The van der Waals surface area contributed by atoms with Gasteiger partial charge >= 0.3 is 0 Å². The van der Waals surface area contributed by atoms with Gasteiger partial charge in [-0.25, -0.2) is 4.98 Å². The predicted octanol–water partition coefficient (Wildman–Crippen LogP) is 4.04. The first-order chi connectivity index (χ1) is 13.1. The Bertz CT molecular complexity index is 1130. The number of carbonyl (C=O) groups excluding carboxylic acids is 1. The minimum atomic E-state index is -0.282. The number of rotatable bonds is 5. The topological polar surface area (TPSA) is 82.2 Å². The van der Waals surface area contributed by atoms with E-state index in [1.807, 2.05) is 25.1 Å². The van der Waals surface area contributed by atoms with Gasteiger partial charge in [-0.1, -0.05) is 11.3 Å². The number of methoxy groups -OCH3 is 1. The van der Waals surface area contributed by atoms with Crippen molar-refractivity contribution in [3.05, 3.63) is 60.2 Å². The molecule has 0 bridgehead atoms. The van der Waals surface area contributed by atoms with Crippen molar-refractivity contribution >= 4 is 39.4 Å². The van der Waals surface area contributed by atoms with Crippen LogP contribution in [0, 0.1) is 6.92 Å². The van der Waals surface area contributed by atoms with Crippen LogP contribution in [0.3, 0.4) is 0 Å². The van der Waals surface area contributed by atoms with Crippen molar-refractivity contribution in [1.29, 1.82) is 0 Å². The van der Waals surface area contributed by atoms with Crippen LogP contribution in [-0.4, -0.2) is 27.8 Å². The van der Waals surface area contributed by atoms with Crippen LogP contribution in [0.5, 0.6) is 5.75 Å². The van der Waals surface area contributed by atoms with Gasteiger partial charge in [-0.15, -0.1) is 0 Å². The molecule has 3 aromatic heterocycles. The van der Waals surface area contributed by atoms with Crippen LogP contribution < -0.4 is 10.1 Å². The number of benzene rings is 1. The maximum atomic E-state index is 12.2. The van der Waals surface area contributed by atoms with E-state index in [-0.39, 0.29) is 5.91 Å². The summed E-state index contributed by atoms with van der Waals surface area (Å²) in [5.41, 5.74) is 1.62. The largest absolute Gasteiger partial charge is 0.497 e. The molecule has 3 heterocycles. The van der Waals surface area contributed by atoms with E-state index in [0.717, 1.165) is 21.7 Å². The first-order valence-electron chi connectivity index (χ1n) is 8.16. The third-order valence-electron chi connectivity index (χ3n) is 3.79. The number of ether oxygens (including phenoxy) is 1. The second kappa shape index (κ2) is 7.08. The van der Waals surface area contributed by atoms with Gasteiger partial charge in [0, 0.05) is 12.1 Å². The Morgan fingerprint density at radius 1 is 1.33 bits per heavy atom. The number of amides is 1. The summed E-state index contributed by atoms with van der Waals surface area (Å²) >= 11 is 1.47. The summed E-state index contributed by atoms with van der Waals surface area (Å²) < 4.78 is 13.0. The van der Waals surface area contributed by atoms with E-state index in [0.29, 0.717) is 16.7 Å². The van der Waals surface area contributed by atoms with Crippen molar-refractivity contribution in [1.82, 2.24) is 14.8 Å². The number of furan rings is 1. The molecule has 0 fully saturated rings. The van der Waals surface area contributed by atoms with Crippen LogP contribution in [0.2, 0.25) is 0 Å². The second-order valence-electron chi connectivity index (χ2n) is 5.75. The lowest BCUT2D eigenvalue weighted by Crippen LogP contribution is -2.12. The molecule has 8 heteroatoms. The average molecular weight is 380 g/mol. The Labute approximate surface area is 158 Å². The van der Waals surface area contributed by atoms with Crippen LogP contribution in [0.25, 0.3) is 21.4 Å². The molecule has 0 aliphatic carbocycles. The van der Waals surface area contributed by atoms with Crippen molar-refractivity contribution in [2.24, 2.45) is 0 Å². The molecule has 0 aliphatic rings. The van der Waals surface area contributed by atoms with Gasteiger partial charge < -0.3 is 14.5 Å².